The van der Waals surface area contributed by atoms with E-state index in [1.54, 1.807) is 12.1 Å². The summed E-state index contributed by atoms with van der Waals surface area (Å²) >= 11 is 4.69. The largest absolute Gasteiger partial charge is 0.467 e. The van der Waals surface area contributed by atoms with Crippen LogP contribution in [0.15, 0.2) is 50.4 Å². The number of hydrogen-bond acceptors (Lipinski definition) is 6. The average molecular weight is 441 g/mol. The number of ether oxygens (including phenoxy) is 1. The quantitative estimate of drug-likeness (QED) is 0.507. The van der Waals surface area contributed by atoms with Gasteiger partial charge in [0, 0.05) is 9.37 Å². The average Bonchev–Trinajstić information content (AvgIpc) is 3.11. The Labute approximate surface area is 163 Å². The maximum Gasteiger partial charge on any atom is 0.321 e. The second-order valence-electron chi connectivity index (χ2n) is 5.17. The Morgan fingerprint density at radius 2 is 2.08 bits per heavy atom. The molecule has 9 heteroatoms. The third-order valence-corrected chi connectivity index (χ3v) is 4.75. The van der Waals surface area contributed by atoms with Crippen molar-refractivity contribution in [3.63, 3.8) is 0 Å². The molecular weight excluding hydrogens is 424 g/mol. The summed E-state index contributed by atoms with van der Waals surface area (Å²) in [5.41, 5.74) is 1.03. The Morgan fingerprint density at radius 1 is 1.27 bits per heavy atom. The number of halogens is 1. The molecule has 0 aliphatic carbocycles. The van der Waals surface area contributed by atoms with Gasteiger partial charge in [-0.1, -0.05) is 15.9 Å². The van der Waals surface area contributed by atoms with Crippen molar-refractivity contribution in [2.24, 2.45) is 0 Å². The summed E-state index contributed by atoms with van der Waals surface area (Å²) in [6.45, 7) is 1.56. The highest BCUT2D eigenvalue weighted by Crippen LogP contribution is 2.25. The molecule has 1 heterocycles. The zero-order valence-corrected chi connectivity index (χ0v) is 16.3. The van der Waals surface area contributed by atoms with Crippen LogP contribution in [0.5, 0.6) is 0 Å². The van der Waals surface area contributed by atoms with Gasteiger partial charge in [0.1, 0.15) is 5.76 Å². The molecule has 3 amide bonds. The number of benzene rings is 1. The Morgan fingerprint density at radius 3 is 2.77 bits per heavy atom. The number of furan rings is 1. The van der Waals surface area contributed by atoms with Gasteiger partial charge in [0.25, 0.3) is 5.91 Å². The van der Waals surface area contributed by atoms with E-state index in [9.17, 15) is 14.4 Å². The number of hydrogen-bond donors (Lipinski definition) is 2. The molecule has 0 aliphatic heterocycles. The molecular formula is C17H17BrN2O5S. The number of carbonyl (C=O) groups is 3. The molecule has 0 radical (unpaired) electrons. The second kappa shape index (κ2) is 10.0. The lowest BCUT2D eigenvalue weighted by Gasteiger charge is -2.08. The van der Waals surface area contributed by atoms with Crippen LogP contribution >= 0.6 is 27.7 Å². The van der Waals surface area contributed by atoms with Crippen molar-refractivity contribution in [2.45, 2.75) is 18.4 Å². The van der Waals surface area contributed by atoms with Crippen molar-refractivity contribution in [3.05, 3.63) is 52.4 Å². The first-order valence-corrected chi connectivity index (χ1v) is 9.36. The van der Waals surface area contributed by atoms with E-state index in [1.165, 1.54) is 18.0 Å². The lowest BCUT2D eigenvalue weighted by molar-refractivity contribution is -0.145. The van der Waals surface area contributed by atoms with Crippen LogP contribution in [0.2, 0.25) is 0 Å². The zero-order chi connectivity index (χ0) is 18.9. The van der Waals surface area contributed by atoms with E-state index in [2.05, 4.69) is 26.6 Å². The molecule has 0 fully saturated rings. The van der Waals surface area contributed by atoms with Crippen molar-refractivity contribution in [1.82, 2.24) is 10.6 Å². The van der Waals surface area contributed by atoms with Crippen molar-refractivity contribution in [3.8, 4) is 0 Å². The molecule has 2 rings (SSSR count). The van der Waals surface area contributed by atoms with Gasteiger partial charge in [0.05, 0.1) is 18.6 Å². The number of aryl methyl sites for hydroxylation is 1. The molecule has 138 valence electrons. The van der Waals surface area contributed by atoms with E-state index < -0.39 is 24.5 Å². The molecule has 0 atom stereocenters. The predicted octanol–water partition coefficient (Wildman–Crippen LogP) is 3.01. The summed E-state index contributed by atoms with van der Waals surface area (Å²) in [5.74, 6) is -0.622. The highest BCUT2D eigenvalue weighted by atomic mass is 79.9. The van der Waals surface area contributed by atoms with Gasteiger partial charge in [0.15, 0.2) is 6.61 Å². The minimum atomic E-state index is -0.708. The first kappa shape index (κ1) is 20.1. The molecule has 1 aromatic heterocycles. The first-order chi connectivity index (χ1) is 12.4. The molecule has 0 bridgehead atoms. The normalized spacial score (nSPS) is 10.2. The van der Waals surface area contributed by atoms with Gasteiger partial charge in [0.2, 0.25) is 0 Å². The van der Waals surface area contributed by atoms with E-state index in [0.29, 0.717) is 5.76 Å². The lowest BCUT2D eigenvalue weighted by atomic mass is 10.2. The van der Waals surface area contributed by atoms with E-state index >= 15 is 0 Å². The molecule has 0 spiro atoms. The van der Waals surface area contributed by atoms with Crippen molar-refractivity contribution >= 4 is 45.6 Å². The van der Waals surface area contributed by atoms with E-state index in [-0.39, 0.29) is 12.3 Å². The molecule has 2 aromatic rings. The highest BCUT2D eigenvalue weighted by molar-refractivity contribution is 9.10. The van der Waals surface area contributed by atoms with Gasteiger partial charge < -0.3 is 14.5 Å². The zero-order valence-electron chi connectivity index (χ0n) is 13.9. The van der Waals surface area contributed by atoms with Crippen LogP contribution in [-0.4, -0.2) is 30.3 Å². The third kappa shape index (κ3) is 6.93. The minimum Gasteiger partial charge on any atom is -0.467 e. The molecule has 26 heavy (non-hydrogen) atoms. The van der Waals surface area contributed by atoms with Crippen LogP contribution in [-0.2, 0) is 20.9 Å². The molecule has 0 saturated heterocycles. The van der Waals surface area contributed by atoms with Gasteiger partial charge in [-0.15, -0.1) is 11.8 Å². The van der Waals surface area contributed by atoms with E-state index in [1.807, 2.05) is 25.1 Å². The van der Waals surface area contributed by atoms with Crippen LogP contribution in [0.4, 0.5) is 4.79 Å². The molecule has 2 N–H and O–H groups in total. The van der Waals surface area contributed by atoms with Gasteiger partial charge in [-0.2, -0.15) is 0 Å². The first-order valence-electron chi connectivity index (χ1n) is 7.58. The minimum absolute atomic E-state index is 0.0699. The van der Waals surface area contributed by atoms with Crippen LogP contribution in [0.3, 0.4) is 0 Å². The van der Waals surface area contributed by atoms with Crippen LogP contribution in [0.25, 0.3) is 0 Å². The third-order valence-electron chi connectivity index (χ3n) is 3.10. The number of thioether (sulfide) groups is 1. The van der Waals surface area contributed by atoms with Crippen molar-refractivity contribution in [1.29, 1.82) is 0 Å². The monoisotopic (exact) mass is 440 g/mol. The summed E-state index contributed by atoms with van der Waals surface area (Å²) in [6.07, 6.45) is 1.48. The van der Waals surface area contributed by atoms with E-state index in [4.69, 9.17) is 9.15 Å². The number of carbonyl (C=O) groups excluding carboxylic acids is 3. The summed E-state index contributed by atoms with van der Waals surface area (Å²) < 4.78 is 10.9. The highest BCUT2D eigenvalue weighted by Gasteiger charge is 2.12. The van der Waals surface area contributed by atoms with Gasteiger partial charge in [-0.05, 0) is 42.8 Å². The van der Waals surface area contributed by atoms with E-state index in [0.717, 1.165) is 14.9 Å². The Hall–Kier alpha value is -2.26. The van der Waals surface area contributed by atoms with Crippen LogP contribution in [0.1, 0.15) is 11.3 Å². The summed E-state index contributed by atoms with van der Waals surface area (Å²) in [5, 5.41) is 4.51. The van der Waals surface area contributed by atoms with Gasteiger partial charge in [-0.3, -0.25) is 14.9 Å². The number of urea groups is 1. The number of esters is 1. The maximum absolute atomic E-state index is 11.7. The van der Waals surface area contributed by atoms with Crippen LogP contribution < -0.4 is 10.6 Å². The van der Waals surface area contributed by atoms with Crippen molar-refractivity contribution < 1.29 is 23.5 Å². The smallest absolute Gasteiger partial charge is 0.321 e. The van der Waals surface area contributed by atoms with Crippen LogP contribution in [0, 0.1) is 6.92 Å². The lowest BCUT2D eigenvalue weighted by Crippen LogP contribution is -2.41. The summed E-state index contributed by atoms with van der Waals surface area (Å²) in [4.78, 5) is 35.8. The maximum atomic E-state index is 11.7. The van der Waals surface area contributed by atoms with Crippen molar-refractivity contribution in [2.75, 3.05) is 12.4 Å². The Bertz CT molecular complexity index is 779. The number of amides is 3. The fraction of sp³-hybridized carbons (Fsp3) is 0.235. The summed E-state index contributed by atoms with van der Waals surface area (Å²) in [6, 6.07) is 8.41. The molecule has 7 nitrogen and oxygen atoms in total. The van der Waals surface area contributed by atoms with Gasteiger partial charge in [-0.25, -0.2) is 4.79 Å². The van der Waals surface area contributed by atoms with Gasteiger partial charge >= 0.3 is 12.0 Å². The fourth-order valence-corrected chi connectivity index (χ4v) is 3.17. The fourth-order valence-electron chi connectivity index (χ4n) is 1.89. The standard InChI is InChI=1S/C17H17BrN2O5S/c1-11-7-12(18)4-5-14(11)26-10-16(22)25-9-15(21)20-17(23)19-8-13-3-2-6-24-13/h2-7H,8-10H2,1H3,(H2,19,20,21,23). The second-order valence-corrected chi connectivity index (χ2v) is 7.10. The Kier molecular flexibility index (Phi) is 7.73. The molecule has 0 aliphatic rings. The molecule has 0 saturated carbocycles. The Balaban J connectivity index is 1.64. The topological polar surface area (TPSA) is 97.6 Å². The number of nitrogens with one attached hydrogen (secondary N) is 2. The molecule has 1 aromatic carbocycles. The number of rotatable bonds is 7. The predicted molar refractivity (Wildman–Crippen MR) is 99.6 cm³/mol. The SMILES string of the molecule is Cc1cc(Br)ccc1SCC(=O)OCC(=O)NC(=O)NCc1ccco1. The molecule has 0 unspecified atom stereocenters. The number of imide groups is 1. The summed E-state index contributed by atoms with van der Waals surface area (Å²) in [7, 11) is 0.